The van der Waals surface area contributed by atoms with Gasteiger partial charge in [0.15, 0.2) is 11.5 Å². The zero-order chi connectivity index (χ0) is 20.5. The van der Waals surface area contributed by atoms with Crippen molar-refractivity contribution < 1.29 is 23.8 Å². The first-order valence-corrected chi connectivity index (χ1v) is 9.20. The number of para-hydroxylation sites is 1. The van der Waals surface area contributed by atoms with Crippen LogP contribution >= 0.6 is 0 Å². The quantitative estimate of drug-likeness (QED) is 0.820. The molecule has 2 heterocycles. The molecule has 6 heteroatoms. The van der Waals surface area contributed by atoms with E-state index < -0.39 is 23.1 Å². The van der Waals surface area contributed by atoms with E-state index in [-0.39, 0.29) is 11.4 Å². The van der Waals surface area contributed by atoms with E-state index in [0.717, 1.165) is 5.76 Å². The molecule has 0 aliphatic carbocycles. The predicted octanol–water partition coefficient (Wildman–Crippen LogP) is 3.84. The number of rotatable bonds is 6. The summed E-state index contributed by atoms with van der Waals surface area (Å²) in [6.45, 7) is 5.60. The first-order chi connectivity index (χ1) is 13.3. The molecule has 1 aliphatic rings. The summed E-state index contributed by atoms with van der Waals surface area (Å²) in [6, 6.07) is 10.1. The molecule has 148 valence electrons. The lowest BCUT2D eigenvalue weighted by atomic mass is 9.82. The van der Waals surface area contributed by atoms with Crippen molar-refractivity contribution in [3.63, 3.8) is 0 Å². The monoisotopic (exact) mass is 383 g/mol. The minimum atomic E-state index is -0.749. The lowest BCUT2D eigenvalue weighted by Gasteiger charge is -2.29. The number of benzene rings is 1. The Kier molecular flexibility index (Phi) is 5.31. The second-order valence-electron chi connectivity index (χ2n) is 7.81. The van der Waals surface area contributed by atoms with Crippen molar-refractivity contribution in [1.82, 2.24) is 4.90 Å². The largest absolute Gasteiger partial charge is 0.503 e. The summed E-state index contributed by atoms with van der Waals surface area (Å²) in [5, 5.41) is 10.6. The number of hydrogen-bond donors (Lipinski definition) is 1. The Morgan fingerprint density at radius 2 is 1.93 bits per heavy atom. The standard InChI is InChI=1S/C22H25NO5/c1-22(2,3)20(25)17-18(15-9-5-6-10-16(15)27-4)23(21(26)19(17)24)12-11-14-8-7-13-28-14/h5-10,13,18,24H,11-12H2,1-4H3. The van der Waals surface area contributed by atoms with Crippen molar-refractivity contribution in [2.45, 2.75) is 33.2 Å². The van der Waals surface area contributed by atoms with Gasteiger partial charge in [0.25, 0.3) is 5.91 Å². The normalized spacial score (nSPS) is 17.4. The van der Waals surface area contributed by atoms with Crippen LogP contribution < -0.4 is 4.74 Å². The first kappa shape index (κ1) is 19.7. The number of furan rings is 1. The van der Waals surface area contributed by atoms with Crippen LogP contribution in [0.25, 0.3) is 0 Å². The van der Waals surface area contributed by atoms with E-state index in [1.165, 1.54) is 12.0 Å². The summed E-state index contributed by atoms with van der Waals surface area (Å²) in [7, 11) is 1.54. The second-order valence-corrected chi connectivity index (χ2v) is 7.81. The molecule has 1 aliphatic heterocycles. The Bertz CT molecular complexity index is 905. The molecule has 0 radical (unpaired) electrons. The molecule has 3 rings (SSSR count). The number of hydrogen-bond acceptors (Lipinski definition) is 5. The van der Waals surface area contributed by atoms with Crippen LogP contribution in [0.3, 0.4) is 0 Å². The van der Waals surface area contributed by atoms with Crippen LogP contribution in [-0.2, 0) is 16.0 Å². The topological polar surface area (TPSA) is 80.0 Å². The number of ether oxygens (including phenoxy) is 1. The van der Waals surface area contributed by atoms with Gasteiger partial charge in [0.05, 0.1) is 25.0 Å². The smallest absolute Gasteiger partial charge is 0.290 e. The van der Waals surface area contributed by atoms with Crippen LogP contribution in [0.15, 0.2) is 58.4 Å². The maximum atomic E-state index is 13.1. The molecule has 1 aromatic carbocycles. The fourth-order valence-electron chi connectivity index (χ4n) is 3.42. The maximum Gasteiger partial charge on any atom is 0.290 e. The molecule has 1 N–H and O–H groups in total. The Balaban J connectivity index is 2.06. The maximum absolute atomic E-state index is 13.1. The third-order valence-corrected chi connectivity index (χ3v) is 4.84. The van der Waals surface area contributed by atoms with E-state index in [9.17, 15) is 14.7 Å². The van der Waals surface area contributed by atoms with E-state index >= 15 is 0 Å². The molecular formula is C22H25NO5. The van der Waals surface area contributed by atoms with Gasteiger partial charge < -0.3 is 19.2 Å². The minimum Gasteiger partial charge on any atom is -0.503 e. The highest BCUT2D eigenvalue weighted by molar-refractivity contribution is 6.10. The zero-order valence-corrected chi connectivity index (χ0v) is 16.6. The summed E-state index contributed by atoms with van der Waals surface area (Å²) in [5.74, 6) is -0.0426. The molecule has 0 bridgehead atoms. The number of methoxy groups -OCH3 is 1. The zero-order valence-electron chi connectivity index (χ0n) is 16.6. The fourth-order valence-corrected chi connectivity index (χ4v) is 3.42. The molecule has 2 aromatic rings. The van der Waals surface area contributed by atoms with Crippen molar-refractivity contribution in [3.05, 3.63) is 65.3 Å². The first-order valence-electron chi connectivity index (χ1n) is 9.20. The van der Waals surface area contributed by atoms with Gasteiger partial charge in [0.2, 0.25) is 0 Å². The summed E-state index contributed by atoms with van der Waals surface area (Å²) >= 11 is 0. The molecule has 0 saturated heterocycles. The number of nitrogens with zero attached hydrogens (tertiary/aromatic N) is 1. The van der Waals surface area contributed by atoms with E-state index in [1.54, 1.807) is 39.2 Å². The highest BCUT2D eigenvalue weighted by Gasteiger charge is 2.46. The van der Waals surface area contributed by atoms with E-state index in [1.807, 2.05) is 24.3 Å². The summed E-state index contributed by atoms with van der Waals surface area (Å²) in [5.41, 5.74) is 0.0248. The number of ketones is 1. The highest BCUT2D eigenvalue weighted by Crippen LogP contribution is 2.43. The van der Waals surface area contributed by atoms with Gasteiger partial charge in [-0.05, 0) is 18.2 Å². The molecule has 28 heavy (non-hydrogen) atoms. The van der Waals surface area contributed by atoms with E-state index in [4.69, 9.17) is 9.15 Å². The SMILES string of the molecule is COc1ccccc1C1C(C(=O)C(C)(C)C)=C(O)C(=O)N1CCc1ccco1. The van der Waals surface area contributed by atoms with Crippen LogP contribution in [-0.4, -0.2) is 35.4 Å². The third kappa shape index (κ3) is 3.54. The van der Waals surface area contributed by atoms with Gasteiger partial charge >= 0.3 is 0 Å². The van der Waals surface area contributed by atoms with Gasteiger partial charge in [-0.1, -0.05) is 39.0 Å². The minimum absolute atomic E-state index is 0.112. The Hall–Kier alpha value is -3.02. The van der Waals surface area contributed by atoms with Crippen LogP contribution in [0.1, 0.15) is 38.1 Å². The molecule has 1 amide bonds. The average Bonchev–Trinajstić information content (AvgIpc) is 3.26. The van der Waals surface area contributed by atoms with Gasteiger partial charge in [0, 0.05) is 23.9 Å². The molecule has 0 fully saturated rings. The van der Waals surface area contributed by atoms with Crippen LogP contribution in [0.5, 0.6) is 5.75 Å². The van der Waals surface area contributed by atoms with E-state index in [0.29, 0.717) is 24.3 Å². The van der Waals surface area contributed by atoms with Crippen molar-refractivity contribution in [2.24, 2.45) is 5.41 Å². The van der Waals surface area contributed by atoms with Crippen LogP contribution in [0.4, 0.5) is 0 Å². The fraction of sp³-hybridized carbons (Fsp3) is 0.364. The lowest BCUT2D eigenvalue weighted by Crippen LogP contribution is -2.34. The van der Waals surface area contributed by atoms with E-state index in [2.05, 4.69) is 0 Å². The Morgan fingerprint density at radius 1 is 1.21 bits per heavy atom. The van der Waals surface area contributed by atoms with Crippen LogP contribution in [0, 0.1) is 5.41 Å². The Labute approximate surface area is 164 Å². The van der Waals surface area contributed by atoms with Gasteiger partial charge in [-0.15, -0.1) is 0 Å². The number of amides is 1. The molecule has 1 atom stereocenters. The molecule has 6 nitrogen and oxygen atoms in total. The summed E-state index contributed by atoms with van der Waals surface area (Å²) in [6.07, 6.45) is 2.04. The van der Waals surface area contributed by atoms with Crippen LogP contribution in [0.2, 0.25) is 0 Å². The third-order valence-electron chi connectivity index (χ3n) is 4.84. The Morgan fingerprint density at radius 3 is 2.54 bits per heavy atom. The van der Waals surface area contributed by atoms with Gasteiger partial charge in [-0.25, -0.2) is 0 Å². The molecule has 1 aromatic heterocycles. The number of aliphatic hydroxyl groups is 1. The van der Waals surface area contributed by atoms with Crippen molar-refractivity contribution >= 4 is 11.7 Å². The molecule has 0 spiro atoms. The van der Waals surface area contributed by atoms with Gasteiger partial charge in [-0.3, -0.25) is 9.59 Å². The number of aliphatic hydroxyl groups excluding tert-OH is 1. The summed E-state index contributed by atoms with van der Waals surface area (Å²) in [4.78, 5) is 27.5. The van der Waals surface area contributed by atoms with Crippen molar-refractivity contribution in [2.75, 3.05) is 13.7 Å². The summed E-state index contributed by atoms with van der Waals surface area (Å²) < 4.78 is 10.8. The molecular weight excluding hydrogens is 358 g/mol. The predicted molar refractivity (Wildman–Crippen MR) is 104 cm³/mol. The number of carbonyl (C=O) groups excluding carboxylic acids is 2. The highest BCUT2D eigenvalue weighted by atomic mass is 16.5. The number of carbonyl (C=O) groups is 2. The van der Waals surface area contributed by atoms with Gasteiger partial charge in [0.1, 0.15) is 11.5 Å². The lowest BCUT2D eigenvalue weighted by molar-refractivity contribution is -0.129. The average molecular weight is 383 g/mol. The molecule has 0 saturated carbocycles. The van der Waals surface area contributed by atoms with Crippen molar-refractivity contribution in [1.29, 1.82) is 0 Å². The number of Topliss-reactive ketones (excluding diaryl/α,β-unsaturated/α-hetero) is 1. The second kappa shape index (κ2) is 7.54. The molecule has 1 unspecified atom stereocenters. The van der Waals surface area contributed by atoms with Gasteiger partial charge in [-0.2, -0.15) is 0 Å². The van der Waals surface area contributed by atoms with Crippen molar-refractivity contribution in [3.8, 4) is 5.75 Å².